The van der Waals surface area contributed by atoms with E-state index < -0.39 is 24.2 Å². The quantitative estimate of drug-likeness (QED) is 0.211. The van der Waals surface area contributed by atoms with Crippen molar-refractivity contribution in [3.63, 3.8) is 0 Å². The monoisotopic (exact) mass is 696 g/mol. The Kier molecular flexibility index (Phi) is 10.9. The van der Waals surface area contributed by atoms with E-state index in [4.69, 9.17) is 4.84 Å². The summed E-state index contributed by atoms with van der Waals surface area (Å²) < 4.78 is 0. The molecule has 2 aromatic carbocycles. The number of aromatic nitrogens is 1. The van der Waals surface area contributed by atoms with Crippen LogP contribution in [-0.2, 0) is 22.7 Å². The molecule has 7 rings (SSSR count). The maximum absolute atomic E-state index is 14.5. The summed E-state index contributed by atoms with van der Waals surface area (Å²) in [6.07, 6.45) is 4.55. The Morgan fingerprint density at radius 2 is 1.86 bits per heavy atom. The number of fused-ring (bicyclic) bond motifs is 2. The number of aliphatic hydroxyl groups excluding tert-OH is 1. The highest BCUT2D eigenvalue weighted by atomic mass is 16.7. The molecule has 10 heteroatoms. The first-order valence-electron chi connectivity index (χ1n) is 18.4. The van der Waals surface area contributed by atoms with Crippen LogP contribution in [0.15, 0.2) is 60.9 Å². The zero-order chi connectivity index (χ0) is 36.6. The van der Waals surface area contributed by atoms with Gasteiger partial charge in [0.25, 0.3) is 5.91 Å². The van der Waals surface area contributed by atoms with E-state index in [9.17, 15) is 14.7 Å². The van der Waals surface area contributed by atoms with Gasteiger partial charge < -0.3 is 26.0 Å². The molecule has 4 N–H and O–H groups in total. The summed E-state index contributed by atoms with van der Waals surface area (Å²) in [4.78, 5) is 40.0. The fraction of sp³-hybridized carbons (Fsp3) is 0.537. The Morgan fingerprint density at radius 3 is 2.51 bits per heavy atom. The smallest absolute Gasteiger partial charge is 0.251 e. The molecule has 1 saturated heterocycles. The minimum atomic E-state index is -0.779. The lowest BCUT2D eigenvalue weighted by Crippen LogP contribution is -2.62. The lowest BCUT2D eigenvalue weighted by Gasteiger charge is -2.62. The number of rotatable bonds is 12. The molecule has 2 amide bonds. The van der Waals surface area contributed by atoms with Crippen molar-refractivity contribution in [2.75, 3.05) is 32.6 Å². The summed E-state index contributed by atoms with van der Waals surface area (Å²) in [5, 5.41) is 22.8. The zero-order valence-electron chi connectivity index (χ0n) is 31.4. The number of nitrogens with zero attached hydrogens (tertiary/aromatic N) is 3. The number of amides is 2. The fourth-order valence-corrected chi connectivity index (χ4v) is 9.00. The van der Waals surface area contributed by atoms with Crippen LogP contribution in [0.4, 0.5) is 5.69 Å². The van der Waals surface area contributed by atoms with Gasteiger partial charge in [-0.25, -0.2) is 0 Å². The van der Waals surface area contributed by atoms with Gasteiger partial charge in [0.15, 0.2) is 0 Å². The average molecular weight is 697 g/mol. The van der Waals surface area contributed by atoms with Gasteiger partial charge in [-0.2, -0.15) is 5.06 Å². The number of carbonyl (C=O) groups excluding carboxylic acids is 2. The molecule has 0 spiro atoms. The second-order valence-electron chi connectivity index (χ2n) is 15.9. The molecule has 1 aliphatic heterocycles. The lowest BCUT2D eigenvalue weighted by atomic mass is 9.45. The second-order valence-corrected chi connectivity index (χ2v) is 15.9. The summed E-state index contributed by atoms with van der Waals surface area (Å²) in [7, 11) is 5.56. The van der Waals surface area contributed by atoms with Gasteiger partial charge in [-0.3, -0.25) is 19.4 Å². The van der Waals surface area contributed by atoms with Crippen LogP contribution in [0.5, 0.6) is 0 Å². The number of pyridine rings is 1. The topological polar surface area (TPSA) is 119 Å². The van der Waals surface area contributed by atoms with Crippen molar-refractivity contribution in [1.82, 2.24) is 26.0 Å². The molecule has 0 radical (unpaired) electrons. The van der Waals surface area contributed by atoms with E-state index in [2.05, 4.69) is 66.8 Å². The summed E-state index contributed by atoms with van der Waals surface area (Å²) in [6, 6.07) is 15.4. The first kappa shape index (κ1) is 36.9. The normalized spacial score (nSPS) is 27.4. The van der Waals surface area contributed by atoms with E-state index in [1.165, 1.54) is 6.42 Å². The highest BCUT2D eigenvalue weighted by molar-refractivity contribution is 5.96. The van der Waals surface area contributed by atoms with E-state index in [0.29, 0.717) is 48.4 Å². The van der Waals surface area contributed by atoms with Gasteiger partial charge >= 0.3 is 0 Å². The van der Waals surface area contributed by atoms with Crippen molar-refractivity contribution >= 4 is 17.5 Å². The third kappa shape index (κ3) is 7.42. The third-order valence-corrected chi connectivity index (χ3v) is 12.3. The van der Waals surface area contributed by atoms with Crippen LogP contribution in [0.2, 0.25) is 0 Å². The van der Waals surface area contributed by atoms with Crippen molar-refractivity contribution < 1.29 is 19.5 Å². The molecule has 4 aliphatic rings. The molecular formula is C41H56N6O4. The molecule has 0 unspecified atom stereocenters. The van der Waals surface area contributed by atoms with Crippen LogP contribution in [0, 0.1) is 36.0 Å². The van der Waals surface area contributed by atoms with Crippen LogP contribution in [0.1, 0.15) is 67.6 Å². The second kappa shape index (κ2) is 15.0. The number of aliphatic hydroxyl groups is 1. The average Bonchev–Trinajstić information content (AvgIpc) is 3.47. The Hall–Kier alpha value is -3.83. The Balaban J connectivity index is 1.29. The first-order chi connectivity index (χ1) is 24.3. The largest absolute Gasteiger partial charge is 0.393 e. The highest BCUT2D eigenvalue weighted by Gasteiger charge is 2.57. The summed E-state index contributed by atoms with van der Waals surface area (Å²) in [6.45, 7) is 12.3. The molecule has 4 fully saturated rings. The molecule has 8 atom stereocenters. The van der Waals surface area contributed by atoms with Crippen molar-refractivity contribution in [2.24, 2.45) is 29.1 Å². The van der Waals surface area contributed by atoms with E-state index in [1.807, 2.05) is 54.4 Å². The molecule has 2 heterocycles. The predicted octanol–water partition coefficient (Wildman–Crippen LogP) is 4.94. The van der Waals surface area contributed by atoms with Crippen LogP contribution in [-0.4, -0.2) is 78.9 Å². The van der Waals surface area contributed by atoms with Crippen LogP contribution in [0.3, 0.4) is 0 Å². The van der Waals surface area contributed by atoms with Crippen molar-refractivity contribution in [3.8, 4) is 11.1 Å². The Bertz CT molecular complexity index is 1710. The van der Waals surface area contributed by atoms with Crippen LogP contribution >= 0.6 is 0 Å². The molecule has 3 aromatic rings. The number of nitrogens with one attached hydrogen (secondary N) is 3. The molecule has 10 nitrogen and oxygen atoms in total. The van der Waals surface area contributed by atoms with E-state index in [-0.39, 0.29) is 17.9 Å². The molecule has 2 bridgehead atoms. The zero-order valence-corrected chi connectivity index (χ0v) is 31.4. The number of hydrogen-bond donors (Lipinski definition) is 4. The minimum absolute atomic E-state index is 0.0869. The van der Waals surface area contributed by atoms with Crippen LogP contribution < -0.4 is 20.9 Å². The molecule has 1 aromatic heterocycles. The number of hydrogen-bond acceptors (Lipinski definition) is 8. The molecule has 3 saturated carbocycles. The molecular weight excluding hydrogens is 640 g/mol. The Labute approximate surface area is 303 Å². The molecule has 274 valence electrons. The van der Waals surface area contributed by atoms with Gasteiger partial charge in [-0.05, 0) is 108 Å². The van der Waals surface area contributed by atoms with E-state index in [1.54, 1.807) is 26.4 Å². The van der Waals surface area contributed by atoms with Crippen LogP contribution in [0.25, 0.3) is 11.1 Å². The number of anilines is 1. The summed E-state index contributed by atoms with van der Waals surface area (Å²) in [5.41, 5.74) is 6.90. The standard InChI is InChI=1S/C41H56N6O4/c1-24-28(10-9-11-33(24)29-16-30(39(49)42-6)18-32(17-29)46(7)8)23-47-38(40(50)45-35-20-31-19-34(25(35)2)41(31,4)5)37(26(3)48)36(51-47)22-44-21-27-12-14-43-15-13-27/h9-18,25-26,31,34-38,44,48H,19-23H2,1-8H3,(H,42,49)(H,45,50)/t25-,26-,31+,34-,35-,36-,37+,38-/m0/s1. The fourth-order valence-electron chi connectivity index (χ4n) is 9.00. The van der Waals surface area contributed by atoms with Crippen molar-refractivity contribution in [2.45, 2.75) is 84.8 Å². The predicted molar refractivity (Wildman–Crippen MR) is 201 cm³/mol. The van der Waals surface area contributed by atoms with Gasteiger partial charge in [0.2, 0.25) is 5.91 Å². The van der Waals surface area contributed by atoms with Gasteiger partial charge in [0, 0.05) is 69.8 Å². The number of hydroxylamine groups is 2. The van der Waals surface area contributed by atoms with Crippen molar-refractivity contribution in [3.05, 3.63) is 83.2 Å². The van der Waals surface area contributed by atoms with Gasteiger partial charge in [-0.1, -0.05) is 39.0 Å². The minimum Gasteiger partial charge on any atom is -0.393 e. The van der Waals surface area contributed by atoms with Gasteiger partial charge in [0.1, 0.15) is 6.04 Å². The lowest BCUT2D eigenvalue weighted by molar-refractivity contribution is -0.176. The molecule has 3 aliphatic carbocycles. The van der Waals surface area contributed by atoms with Gasteiger partial charge in [0.05, 0.1) is 18.8 Å². The van der Waals surface area contributed by atoms with E-state index >= 15 is 0 Å². The van der Waals surface area contributed by atoms with Gasteiger partial charge in [-0.15, -0.1) is 0 Å². The third-order valence-electron chi connectivity index (χ3n) is 12.3. The SMILES string of the molecule is CNC(=O)c1cc(-c2cccc(CN3O[C@@H](CNCc4ccncc4)[C@@H]([C@H](C)O)[C@H]3C(=O)N[C@H]3C[C@H]4C[C@@H]([C@@H]3C)C4(C)C)c2C)cc(N(C)C)c1. The molecule has 51 heavy (non-hydrogen) atoms. The highest BCUT2D eigenvalue weighted by Crippen LogP contribution is 2.61. The van der Waals surface area contributed by atoms with Crippen molar-refractivity contribution in [1.29, 1.82) is 0 Å². The maximum atomic E-state index is 14.5. The summed E-state index contributed by atoms with van der Waals surface area (Å²) in [5.74, 6) is 0.901. The van der Waals surface area contributed by atoms with E-state index in [0.717, 1.165) is 39.9 Å². The number of benzene rings is 2. The summed E-state index contributed by atoms with van der Waals surface area (Å²) >= 11 is 0. The maximum Gasteiger partial charge on any atom is 0.251 e. The first-order valence-corrected chi connectivity index (χ1v) is 18.4. The Morgan fingerprint density at radius 1 is 1.12 bits per heavy atom. The number of carbonyl (C=O) groups is 2.